The van der Waals surface area contributed by atoms with E-state index in [1.165, 1.54) is 0 Å². The van der Waals surface area contributed by atoms with Gasteiger partial charge in [-0.25, -0.2) is 0 Å². The number of hydrogen-bond donors (Lipinski definition) is 0. The lowest BCUT2D eigenvalue weighted by Crippen LogP contribution is -2.46. The Balaban J connectivity index is 2.41. The van der Waals surface area contributed by atoms with Crippen LogP contribution in [-0.4, -0.2) is 44.5 Å². The summed E-state index contributed by atoms with van der Waals surface area (Å²) in [6.45, 7) is 2.63. The molecule has 1 heterocycles. The van der Waals surface area contributed by atoms with Crippen LogP contribution in [0.4, 0.5) is 0 Å². The summed E-state index contributed by atoms with van der Waals surface area (Å²) in [5, 5.41) is 0. The summed E-state index contributed by atoms with van der Waals surface area (Å²) in [5.74, 6) is 2.28. The van der Waals surface area contributed by atoms with Gasteiger partial charge in [0, 0.05) is 40.2 Å². The standard InChI is InChI=1S/C10H17NO2/c1-4-7-11-8-5-10(12-2,13-3)6-9-11/h1H,5-9H2,2-3H3. The number of ether oxygens (including phenoxy) is 2. The van der Waals surface area contributed by atoms with Gasteiger partial charge in [-0.05, 0) is 0 Å². The highest BCUT2D eigenvalue weighted by molar-refractivity contribution is 4.91. The van der Waals surface area contributed by atoms with Gasteiger partial charge >= 0.3 is 0 Å². The van der Waals surface area contributed by atoms with Gasteiger partial charge in [0.1, 0.15) is 0 Å². The molecule has 1 rings (SSSR count). The number of nitrogens with zero attached hydrogens (tertiary/aromatic N) is 1. The molecule has 1 fully saturated rings. The van der Waals surface area contributed by atoms with E-state index in [4.69, 9.17) is 15.9 Å². The summed E-state index contributed by atoms with van der Waals surface area (Å²) >= 11 is 0. The number of terminal acetylenes is 1. The number of likely N-dealkylation sites (tertiary alicyclic amines) is 1. The molecule has 13 heavy (non-hydrogen) atoms. The first-order valence-corrected chi connectivity index (χ1v) is 4.52. The predicted molar refractivity (Wildman–Crippen MR) is 51.3 cm³/mol. The normalized spacial score (nSPS) is 22.5. The molecule has 3 nitrogen and oxygen atoms in total. The minimum atomic E-state index is -0.370. The van der Waals surface area contributed by atoms with Crippen molar-refractivity contribution in [1.29, 1.82) is 0 Å². The second-order valence-electron chi connectivity index (χ2n) is 3.30. The first-order chi connectivity index (χ1) is 6.26. The maximum atomic E-state index is 5.35. The molecule has 1 aliphatic rings. The Morgan fingerprint density at radius 2 is 1.85 bits per heavy atom. The van der Waals surface area contributed by atoms with Gasteiger partial charge in [0.25, 0.3) is 0 Å². The van der Waals surface area contributed by atoms with Crippen LogP contribution in [0, 0.1) is 12.3 Å². The third-order valence-electron chi connectivity index (χ3n) is 2.68. The Morgan fingerprint density at radius 3 is 2.23 bits per heavy atom. The van der Waals surface area contributed by atoms with Crippen LogP contribution in [0.5, 0.6) is 0 Å². The van der Waals surface area contributed by atoms with Crippen molar-refractivity contribution in [2.45, 2.75) is 18.6 Å². The molecule has 0 N–H and O–H groups in total. The summed E-state index contributed by atoms with van der Waals surface area (Å²) in [6.07, 6.45) is 7.02. The van der Waals surface area contributed by atoms with Gasteiger partial charge in [-0.1, -0.05) is 5.92 Å². The van der Waals surface area contributed by atoms with Crippen molar-refractivity contribution in [2.24, 2.45) is 0 Å². The van der Waals surface area contributed by atoms with E-state index in [-0.39, 0.29) is 5.79 Å². The van der Waals surface area contributed by atoms with E-state index in [0.717, 1.165) is 32.5 Å². The van der Waals surface area contributed by atoms with Crippen LogP contribution in [0.1, 0.15) is 12.8 Å². The van der Waals surface area contributed by atoms with Crippen LogP contribution in [0.3, 0.4) is 0 Å². The molecule has 0 aromatic carbocycles. The second-order valence-corrected chi connectivity index (χ2v) is 3.30. The third-order valence-corrected chi connectivity index (χ3v) is 2.68. The molecule has 0 aromatic rings. The zero-order valence-electron chi connectivity index (χ0n) is 8.38. The Bertz CT molecular complexity index is 184. The fourth-order valence-corrected chi connectivity index (χ4v) is 1.67. The van der Waals surface area contributed by atoms with E-state index in [1.807, 2.05) is 0 Å². The van der Waals surface area contributed by atoms with E-state index in [2.05, 4.69) is 10.8 Å². The van der Waals surface area contributed by atoms with Gasteiger partial charge in [0.05, 0.1) is 6.54 Å². The molecular formula is C10H17NO2. The average Bonchev–Trinajstić information content (AvgIpc) is 2.20. The van der Waals surface area contributed by atoms with E-state index in [1.54, 1.807) is 14.2 Å². The fraction of sp³-hybridized carbons (Fsp3) is 0.800. The molecule has 0 amide bonds. The quantitative estimate of drug-likeness (QED) is 0.475. The van der Waals surface area contributed by atoms with Crippen molar-refractivity contribution in [2.75, 3.05) is 33.9 Å². The SMILES string of the molecule is C#CCN1CCC(OC)(OC)CC1. The lowest BCUT2D eigenvalue weighted by atomic mass is 10.0. The van der Waals surface area contributed by atoms with Crippen molar-refractivity contribution in [3.8, 4) is 12.3 Å². The van der Waals surface area contributed by atoms with Crippen molar-refractivity contribution in [1.82, 2.24) is 4.90 Å². The molecule has 0 spiro atoms. The zero-order chi connectivity index (χ0) is 9.73. The minimum Gasteiger partial charge on any atom is -0.353 e. The lowest BCUT2D eigenvalue weighted by Gasteiger charge is -2.38. The van der Waals surface area contributed by atoms with Crippen LogP contribution in [0.2, 0.25) is 0 Å². The highest BCUT2D eigenvalue weighted by Crippen LogP contribution is 2.25. The maximum absolute atomic E-state index is 5.35. The highest BCUT2D eigenvalue weighted by Gasteiger charge is 2.33. The van der Waals surface area contributed by atoms with Crippen LogP contribution < -0.4 is 0 Å². The molecule has 0 unspecified atom stereocenters. The van der Waals surface area contributed by atoms with Crippen LogP contribution in [0.15, 0.2) is 0 Å². The summed E-state index contributed by atoms with van der Waals surface area (Å²) in [5.41, 5.74) is 0. The van der Waals surface area contributed by atoms with Crippen molar-refractivity contribution in [3.05, 3.63) is 0 Å². The third kappa shape index (κ3) is 2.44. The number of hydrogen-bond acceptors (Lipinski definition) is 3. The largest absolute Gasteiger partial charge is 0.353 e. The van der Waals surface area contributed by atoms with E-state index < -0.39 is 0 Å². The molecule has 0 atom stereocenters. The molecule has 0 bridgehead atoms. The zero-order valence-corrected chi connectivity index (χ0v) is 8.38. The number of piperidine rings is 1. The Morgan fingerprint density at radius 1 is 1.31 bits per heavy atom. The molecular weight excluding hydrogens is 166 g/mol. The average molecular weight is 183 g/mol. The Kier molecular flexibility index (Phi) is 3.73. The van der Waals surface area contributed by atoms with Gasteiger partial charge in [-0.3, -0.25) is 4.90 Å². The van der Waals surface area contributed by atoms with E-state index >= 15 is 0 Å². The molecule has 0 radical (unpaired) electrons. The Labute approximate surface area is 80.0 Å². The van der Waals surface area contributed by atoms with Crippen molar-refractivity contribution in [3.63, 3.8) is 0 Å². The summed E-state index contributed by atoms with van der Waals surface area (Å²) in [6, 6.07) is 0. The van der Waals surface area contributed by atoms with E-state index in [9.17, 15) is 0 Å². The van der Waals surface area contributed by atoms with Crippen LogP contribution in [0.25, 0.3) is 0 Å². The molecule has 0 aromatic heterocycles. The van der Waals surface area contributed by atoms with Crippen LogP contribution >= 0.6 is 0 Å². The molecule has 0 aliphatic carbocycles. The van der Waals surface area contributed by atoms with Crippen LogP contribution in [-0.2, 0) is 9.47 Å². The van der Waals surface area contributed by atoms with Gasteiger partial charge in [-0.15, -0.1) is 6.42 Å². The molecule has 74 valence electrons. The van der Waals surface area contributed by atoms with Crippen molar-refractivity contribution < 1.29 is 9.47 Å². The smallest absolute Gasteiger partial charge is 0.169 e. The topological polar surface area (TPSA) is 21.7 Å². The molecule has 3 heteroatoms. The maximum Gasteiger partial charge on any atom is 0.169 e. The van der Waals surface area contributed by atoms with Gasteiger partial charge in [0.15, 0.2) is 5.79 Å². The predicted octanol–water partition coefficient (Wildman–Crippen LogP) is 0.705. The molecule has 0 saturated carbocycles. The highest BCUT2D eigenvalue weighted by atomic mass is 16.7. The Hall–Kier alpha value is -0.560. The summed E-state index contributed by atoms with van der Waals surface area (Å²) in [7, 11) is 3.39. The van der Waals surface area contributed by atoms with Crippen molar-refractivity contribution >= 4 is 0 Å². The monoisotopic (exact) mass is 183 g/mol. The molecule has 1 aliphatic heterocycles. The first kappa shape index (κ1) is 10.5. The van der Waals surface area contributed by atoms with Gasteiger partial charge in [0.2, 0.25) is 0 Å². The fourth-order valence-electron chi connectivity index (χ4n) is 1.67. The van der Waals surface area contributed by atoms with Gasteiger partial charge in [-0.2, -0.15) is 0 Å². The van der Waals surface area contributed by atoms with Gasteiger partial charge < -0.3 is 9.47 Å². The number of methoxy groups -OCH3 is 2. The molecule has 1 saturated heterocycles. The minimum absolute atomic E-state index is 0.370. The first-order valence-electron chi connectivity index (χ1n) is 4.52. The lowest BCUT2D eigenvalue weighted by molar-refractivity contribution is -0.228. The summed E-state index contributed by atoms with van der Waals surface area (Å²) in [4.78, 5) is 2.23. The van der Waals surface area contributed by atoms with E-state index in [0.29, 0.717) is 0 Å². The summed E-state index contributed by atoms with van der Waals surface area (Å²) < 4.78 is 10.7. The number of rotatable bonds is 3. The second kappa shape index (κ2) is 4.61.